The first-order valence-electron chi connectivity index (χ1n) is 6.59. The molecule has 0 aliphatic heterocycles. The van der Waals surface area contributed by atoms with Crippen molar-refractivity contribution in [2.45, 2.75) is 33.7 Å². The van der Waals surface area contributed by atoms with E-state index in [1.165, 1.54) is 0 Å². The number of rotatable bonds is 4. The molecule has 1 aromatic heterocycles. The summed E-state index contributed by atoms with van der Waals surface area (Å²) in [6, 6.07) is 7.29. The molecule has 0 unspecified atom stereocenters. The molecule has 0 fully saturated rings. The van der Waals surface area contributed by atoms with Crippen molar-refractivity contribution in [3.8, 4) is 0 Å². The first-order chi connectivity index (χ1) is 9.51. The molecule has 0 aliphatic carbocycles. The monoisotopic (exact) mass is 291 g/mol. The SMILES string of the molecule is CCn1nc(C)c(NC(=O)Cc2ccc(Cl)cc2)c1C. The van der Waals surface area contributed by atoms with Gasteiger partial charge in [-0.3, -0.25) is 9.48 Å². The second kappa shape index (κ2) is 6.09. The van der Waals surface area contributed by atoms with E-state index in [0.29, 0.717) is 11.4 Å². The molecule has 1 N–H and O–H groups in total. The van der Waals surface area contributed by atoms with Gasteiger partial charge < -0.3 is 5.32 Å². The molecule has 106 valence electrons. The number of aromatic nitrogens is 2. The summed E-state index contributed by atoms with van der Waals surface area (Å²) in [6.45, 7) is 6.68. The van der Waals surface area contributed by atoms with Crippen LogP contribution in [-0.2, 0) is 17.8 Å². The van der Waals surface area contributed by atoms with Crippen LogP contribution in [0.15, 0.2) is 24.3 Å². The second-order valence-corrected chi connectivity index (χ2v) is 5.15. The zero-order chi connectivity index (χ0) is 14.7. The van der Waals surface area contributed by atoms with Gasteiger partial charge >= 0.3 is 0 Å². The topological polar surface area (TPSA) is 46.9 Å². The normalized spacial score (nSPS) is 10.6. The van der Waals surface area contributed by atoms with Gasteiger partial charge in [0.15, 0.2) is 0 Å². The molecule has 1 heterocycles. The molecule has 1 aromatic carbocycles. The number of carbonyl (C=O) groups excluding carboxylic acids is 1. The third-order valence-corrected chi connectivity index (χ3v) is 3.48. The van der Waals surface area contributed by atoms with Crippen molar-refractivity contribution < 1.29 is 4.79 Å². The highest BCUT2D eigenvalue weighted by Crippen LogP contribution is 2.19. The molecule has 20 heavy (non-hydrogen) atoms. The number of hydrogen-bond acceptors (Lipinski definition) is 2. The Balaban J connectivity index is 2.08. The van der Waals surface area contributed by atoms with Gasteiger partial charge in [0.1, 0.15) is 0 Å². The standard InChI is InChI=1S/C15H18ClN3O/c1-4-19-11(3)15(10(2)18-19)17-14(20)9-12-5-7-13(16)8-6-12/h5-8H,4,9H2,1-3H3,(H,17,20). The van der Waals surface area contributed by atoms with Crippen LogP contribution in [0.25, 0.3) is 0 Å². The highest BCUT2D eigenvalue weighted by molar-refractivity contribution is 6.30. The molecular weight excluding hydrogens is 274 g/mol. The maximum Gasteiger partial charge on any atom is 0.228 e. The van der Waals surface area contributed by atoms with E-state index in [2.05, 4.69) is 10.4 Å². The average molecular weight is 292 g/mol. The Morgan fingerprint density at radius 3 is 2.50 bits per heavy atom. The molecule has 0 saturated carbocycles. The zero-order valence-electron chi connectivity index (χ0n) is 11.9. The van der Waals surface area contributed by atoms with Gasteiger partial charge in [0.2, 0.25) is 5.91 Å². The molecule has 4 nitrogen and oxygen atoms in total. The maximum absolute atomic E-state index is 12.1. The van der Waals surface area contributed by atoms with Crippen molar-refractivity contribution in [2.24, 2.45) is 0 Å². The maximum atomic E-state index is 12.1. The summed E-state index contributed by atoms with van der Waals surface area (Å²) >= 11 is 5.83. The Bertz CT molecular complexity index is 617. The molecule has 0 spiro atoms. The van der Waals surface area contributed by atoms with E-state index in [0.717, 1.165) is 29.2 Å². The van der Waals surface area contributed by atoms with Crippen LogP contribution in [0.2, 0.25) is 5.02 Å². The van der Waals surface area contributed by atoms with Crippen LogP contribution in [-0.4, -0.2) is 15.7 Å². The van der Waals surface area contributed by atoms with Crippen LogP contribution in [0.3, 0.4) is 0 Å². The molecule has 0 bridgehead atoms. The largest absolute Gasteiger partial charge is 0.323 e. The third-order valence-electron chi connectivity index (χ3n) is 3.22. The van der Waals surface area contributed by atoms with Crippen molar-refractivity contribution in [3.05, 3.63) is 46.2 Å². The fourth-order valence-electron chi connectivity index (χ4n) is 2.16. The number of nitrogens with one attached hydrogen (secondary N) is 1. The van der Waals surface area contributed by atoms with E-state index in [4.69, 9.17) is 11.6 Å². The van der Waals surface area contributed by atoms with Gasteiger partial charge in [-0.2, -0.15) is 5.10 Å². The number of anilines is 1. The van der Waals surface area contributed by atoms with Gasteiger partial charge in [0, 0.05) is 11.6 Å². The van der Waals surface area contributed by atoms with Crippen LogP contribution < -0.4 is 5.32 Å². The molecule has 1 amide bonds. The van der Waals surface area contributed by atoms with Crippen molar-refractivity contribution in [1.82, 2.24) is 9.78 Å². The minimum atomic E-state index is -0.0471. The number of carbonyl (C=O) groups is 1. The lowest BCUT2D eigenvalue weighted by atomic mass is 10.1. The number of halogens is 1. The van der Waals surface area contributed by atoms with Crippen molar-refractivity contribution in [2.75, 3.05) is 5.32 Å². The quantitative estimate of drug-likeness (QED) is 0.939. The van der Waals surface area contributed by atoms with Gasteiger partial charge in [-0.15, -0.1) is 0 Å². The Morgan fingerprint density at radius 1 is 1.30 bits per heavy atom. The van der Waals surface area contributed by atoms with Crippen LogP contribution >= 0.6 is 11.6 Å². The molecule has 0 saturated heterocycles. The Morgan fingerprint density at radius 2 is 1.95 bits per heavy atom. The van der Waals surface area contributed by atoms with Gasteiger partial charge in [-0.05, 0) is 38.5 Å². The lowest BCUT2D eigenvalue weighted by Gasteiger charge is -2.06. The van der Waals surface area contributed by atoms with E-state index in [1.807, 2.05) is 37.6 Å². The fraction of sp³-hybridized carbons (Fsp3) is 0.333. The summed E-state index contributed by atoms with van der Waals surface area (Å²) in [6.07, 6.45) is 0.327. The third kappa shape index (κ3) is 3.20. The van der Waals surface area contributed by atoms with Crippen LogP contribution in [0.1, 0.15) is 23.9 Å². The van der Waals surface area contributed by atoms with E-state index in [-0.39, 0.29) is 5.91 Å². The molecule has 2 rings (SSSR count). The van der Waals surface area contributed by atoms with Crippen LogP contribution in [0, 0.1) is 13.8 Å². The van der Waals surface area contributed by atoms with E-state index in [9.17, 15) is 4.79 Å². The Kier molecular flexibility index (Phi) is 4.45. The first-order valence-corrected chi connectivity index (χ1v) is 6.97. The second-order valence-electron chi connectivity index (χ2n) is 4.71. The fourth-order valence-corrected chi connectivity index (χ4v) is 2.28. The average Bonchev–Trinajstić information content (AvgIpc) is 2.69. The van der Waals surface area contributed by atoms with Crippen LogP contribution in [0.4, 0.5) is 5.69 Å². The van der Waals surface area contributed by atoms with Gasteiger partial charge in [0.05, 0.1) is 23.5 Å². The van der Waals surface area contributed by atoms with Gasteiger partial charge in [-0.1, -0.05) is 23.7 Å². The molecule has 2 aromatic rings. The molecule has 5 heteroatoms. The minimum Gasteiger partial charge on any atom is -0.323 e. The summed E-state index contributed by atoms with van der Waals surface area (Å²) < 4.78 is 1.88. The highest BCUT2D eigenvalue weighted by Gasteiger charge is 2.13. The summed E-state index contributed by atoms with van der Waals surface area (Å²) in [4.78, 5) is 12.1. The molecular formula is C15H18ClN3O. The van der Waals surface area contributed by atoms with E-state index in [1.54, 1.807) is 12.1 Å². The predicted octanol–water partition coefficient (Wildman–Crippen LogP) is 3.35. The Hall–Kier alpha value is -1.81. The first kappa shape index (κ1) is 14.6. The zero-order valence-corrected chi connectivity index (χ0v) is 12.7. The summed E-state index contributed by atoms with van der Waals surface area (Å²) in [5.74, 6) is -0.0471. The Labute approximate surface area is 123 Å². The van der Waals surface area contributed by atoms with Gasteiger partial charge in [0.25, 0.3) is 0 Å². The summed E-state index contributed by atoms with van der Waals surface area (Å²) in [5.41, 5.74) is 3.57. The number of nitrogens with zero attached hydrogens (tertiary/aromatic N) is 2. The van der Waals surface area contributed by atoms with Crippen LogP contribution in [0.5, 0.6) is 0 Å². The van der Waals surface area contributed by atoms with Crippen molar-refractivity contribution in [1.29, 1.82) is 0 Å². The number of hydrogen-bond donors (Lipinski definition) is 1. The number of benzene rings is 1. The smallest absolute Gasteiger partial charge is 0.228 e. The minimum absolute atomic E-state index is 0.0471. The lowest BCUT2D eigenvalue weighted by Crippen LogP contribution is -2.15. The number of aryl methyl sites for hydroxylation is 2. The number of amides is 1. The molecule has 0 aliphatic rings. The molecule has 0 atom stereocenters. The van der Waals surface area contributed by atoms with Gasteiger partial charge in [-0.25, -0.2) is 0 Å². The van der Waals surface area contributed by atoms with Crippen molar-refractivity contribution in [3.63, 3.8) is 0 Å². The molecule has 0 radical (unpaired) electrons. The summed E-state index contributed by atoms with van der Waals surface area (Å²) in [5, 5.41) is 8.00. The van der Waals surface area contributed by atoms with E-state index >= 15 is 0 Å². The predicted molar refractivity (Wildman–Crippen MR) is 81.2 cm³/mol. The lowest BCUT2D eigenvalue weighted by molar-refractivity contribution is -0.115. The highest BCUT2D eigenvalue weighted by atomic mass is 35.5. The van der Waals surface area contributed by atoms with Crippen molar-refractivity contribution >= 4 is 23.2 Å². The summed E-state index contributed by atoms with van der Waals surface area (Å²) in [7, 11) is 0. The van der Waals surface area contributed by atoms with E-state index < -0.39 is 0 Å².